The largest absolute Gasteiger partial charge is 0.272 e. The zero-order valence-corrected chi connectivity index (χ0v) is 8.32. The number of carbonyl (C=O) groups excluding carboxylic acids is 1. The van der Waals surface area contributed by atoms with Gasteiger partial charge in [-0.05, 0) is 25.5 Å². The predicted octanol–water partition coefficient (Wildman–Crippen LogP) is 2.11. The molecule has 0 atom stereocenters. The smallest absolute Gasteiger partial charge is 0.253 e. The molecule has 1 aliphatic rings. The second kappa shape index (κ2) is 3.25. The molecule has 0 aromatic heterocycles. The summed E-state index contributed by atoms with van der Waals surface area (Å²) in [6.45, 7) is 3.85. The van der Waals surface area contributed by atoms with Crippen LogP contribution in [-0.2, 0) is 4.79 Å². The lowest BCUT2D eigenvalue weighted by Crippen LogP contribution is -2.20. The minimum absolute atomic E-state index is 0.0526. The van der Waals surface area contributed by atoms with E-state index in [2.05, 4.69) is 5.10 Å². The van der Waals surface area contributed by atoms with E-state index in [0.717, 1.165) is 17.0 Å². The van der Waals surface area contributed by atoms with Crippen molar-refractivity contribution in [3.63, 3.8) is 0 Å². The number of aryl methyl sites for hydroxylation is 1. The first-order valence-corrected chi connectivity index (χ1v) is 4.61. The molecule has 3 nitrogen and oxygen atoms in total. The van der Waals surface area contributed by atoms with E-state index in [9.17, 15) is 4.79 Å². The number of carbonyl (C=O) groups is 1. The van der Waals surface area contributed by atoms with Gasteiger partial charge in [0, 0.05) is 5.71 Å². The lowest BCUT2D eigenvalue weighted by atomic mass is 10.2. The van der Waals surface area contributed by atoms with Crippen molar-refractivity contribution in [1.82, 2.24) is 0 Å². The molecule has 0 bridgehead atoms. The number of para-hydroxylation sites is 1. The van der Waals surface area contributed by atoms with Crippen molar-refractivity contribution in [1.29, 1.82) is 0 Å². The summed E-state index contributed by atoms with van der Waals surface area (Å²) in [5.74, 6) is 0.0526. The van der Waals surface area contributed by atoms with Crippen LogP contribution >= 0.6 is 0 Å². The molecule has 0 unspecified atom stereocenters. The Morgan fingerprint density at radius 3 is 2.57 bits per heavy atom. The number of hydrazone groups is 1. The van der Waals surface area contributed by atoms with Gasteiger partial charge in [-0.25, -0.2) is 5.01 Å². The standard InChI is InChI=1S/C11H12N2O/c1-8-5-3-4-6-10(8)13-11(14)7-9(2)12-13/h3-6H,7H2,1-2H3. The molecule has 1 amide bonds. The number of hydrogen-bond acceptors (Lipinski definition) is 2. The highest BCUT2D eigenvalue weighted by Gasteiger charge is 2.23. The number of nitrogens with zero attached hydrogens (tertiary/aromatic N) is 2. The molecule has 0 radical (unpaired) electrons. The third kappa shape index (κ3) is 1.41. The van der Waals surface area contributed by atoms with Crippen molar-refractivity contribution < 1.29 is 4.79 Å². The summed E-state index contributed by atoms with van der Waals surface area (Å²) in [4.78, 5) is 11.5. The Bertz CT molecular complexity index is 410. The molecule has 0 fully saturated rings. The molecule has 0 saturated heterocycles. The van der Waals surface area contributed by atoms with Gasteiger partial charge in [0.05, 0.1) is 12.1 Å². The van der Waals surface area contributed by atoms with Crippen LogP contribution in [0.1, 0.15) is 18.9 Å². The maximum Gasteiger partial charge on any atom is 0.253 e. The van der Waals surface area contributed by atoms with Gasteiger partial charge in [0.2, 0.25) is 0 Å². The molecule has 0 spiro atoms. The van der Waals surface area contributed by atoms with E-state index in [4.69, 9.17) is 0 Å². The number of hydrogen-bond donors (Lipinski definition) is 0. The van der Waals surface area contributed by atoms with E-state index < -0.39 is 0 Å². The fourth-order valence-electron chi connectivity index (χ4n) is 1.54. The zero-order valence-electron chi connectivity index (χ0n) is 8.32. The van der Waals surface area contributed by atoms with Crippen LogP contribution in [0.5, 0.6) is 0 Å². The van der Waals surface area contributed by atoms with E-state index in [1.165, 1.54) is 5.01 Å². The molecular formula is C11H12N2O. The summed E-state index contributed by atoms with van der Waals surface area (Å²) >= 11 is 0. The molecule has 1 aliphatic heterocycles. The Labute approximate surface area is 83.0 Å². The minimum atomic E-state index is 0.0526. The van der Waals surface area contributed by atoms with Crippen LogP contribution in [0, 0.1) is 6.92 Å². The van der Waals surface area contributed by atoms with Crippen LogP contribution in [0.15, 0.2) is 29.4 Å². The van der Waals surface area contributed by atoms with E-state index in [-0.39, 0.29) is 5.91 Å². The van der Waals surface area contributed by atoms with Gasteiger partial charge in [0.1, 0.15) is 0 Å². The first-order valence-electron chi connectivity index (χ1n) is 4.61. The van der Waals surface area contributed by atoms with Crippen LogP contribution in [0.3, 0.4) is 0 Å². The summed E-state index contributed by atoms with van der Waals surface area (Å²) in [6.07, 6.45) is 0.439. The van der Waals surface area contributed by atoms with Gasteiger partial charge in [-0.3, -0.25) is 4.79 Å². The summed E-state index contributed by atoms with van der Waals surface area (Å²) in [5, 5.41) is 5.69. The molecule has 1 aromatic rings. The first kappa shape index (κ1) is 8.94. The summed E-state index contributed by atoms with van der Waals surface area (Å²) in [7, 11) is 0. The normalized spacial score (nSPS) is 16.0. The zero-order chi connectivity index (χ0) is 10.1. The molecule has 0 N–H and O–H groups in total. The summed E-state index contributed by atoms with van der Waals surface area (Å²) in [6, 6.07) is 7.76. The van der Waals surface area contributed by atoms with Gasteiger partial charge >= 0.3 is 0 Å². The van der Waals surface area contributed by atoms with Crippen molar-refractivity contribution in [2.24, 2.45) is 5.10 Å². The monoisotopic (exact) mass is 188 g/mol. The van der Waals surface area contributed by atoms with Crippen molar-refractivity contribution >= 4 is 17.3 Å². The Hall–Kier alpha value is -1.64. The minimum Gasteiger partial charge on any atom is -0.272 e. The van der Waals surface area contributed by atoms with E-state index in [1.807, 2.05) is 38.1 Å². The highest BCUT2D eigenvalue weighted by molar-refractivity contribution is 6.12. The molecule has 1 heterocycles. The fourth-order valence-corrected chi connectivity index (χ4v) is 1.54. The van der Waals surface area contributed by atoms with Gasteiger partial charge < -0.3 is 0 Å². The quantitative estimate of drug-likeness (QED) is 0.664. The second-order valence-electron chi connectivity index (χ2n) is 3.50. The number of rotatable bonds is 1. The molecule has 14 heavy (non-hydrogen) atoms. The maximum atomic E-state index is 11.5. The van der Waals surface area contributed by atoms with Crippen molar-refractivity contribution in [3.8, 4) is 0 Å². The van der Waals surface area contributed by atoms with E-state index >= 15 is 0 Å². The molecule has 72 valence electrons. The fraction of sp³-hybridized carbons (Fsp3) is 0.273. The van der Waals surface area contributed by atoms with Gasteiger partial charge in [0.15, 0.2) is 0 Å². The van der Waals surface area contributed by atoms with Crippen LogP contribution in [0.2, 0.25) is 0 Å². The van der Waals surface area contributed by atoms with Gasteiger partial charge in [0.25, 0.3) is 5.91 Å². The number of benzene rings is 1. The van der Waals surface area contributed by atoms with Crippen molar-refractivity contribution in [2.45, 2.75) is 20.3 Å². The van der Waals surface area contributed by atoms with Crippen LogP contribution in [-0.4, -0.2) is 11.6 Å². The van der Waals surface area contributed by atoms with Gasteiger partial charge in [-0.2, -0.15) is 5.10 Å². The van der Waals surface area contributed by atoms with E-state index in [0.29, 0.717) is 6.42 Å². The van der Waals surface area contributed by atoms with Crippen molar-refractivity contribution in [2.75, 3.05) is 5.01 Å². The lowest BCUT2D eigenvalue weighted by Gasteiger charge is -2.13. The van der Waals surface area contributed by atoms with Crippen LogP contribution in [0.25, 0.3) is 0 Å². The number of amides is 1. The Balaban J connectivity index is 2.41. The lowest BCUT2D eigenvalue weighted by molar-refractivity contribution is -0.116. The van der Waals surface area contributed by atoms with Gasteiger partial charge in [-0.1, -0.05) is 18.2 Å². The Kier molecular flexibility index (Phi) is 2.08. The molecule has 0 aliphatic carbocycles. The van der Waals surface area contributed by atoms with Crippen LogP contribution < -0.4 is 5.01 Å². The van der Waals surface area contributed by atoms with Gasteiger partial charge in [-0.15, -0.1) is 0 Å². The topological polar surface area (TPSA) is 32.7 Å². The molecular weight excluding hydrogens is 176 g/mol. The summed E-state index contributed by atoms with van der Waals surface area (Å²) < 4.78 is 0. The third-order valence-corrected chi connectivity index (χ3v) is 2.26. The summed E-state index contributed by atoms with van der Waals surface area (Å²) in [5.41, 5.74) is 2.83. The SMILES string of the molecule is CC1=NN(c2ccccc2C)C(=O)C1. The number of anilines is 1. The molecule has 0 saturated carbocycles. The third-order valence-electron chi connectivity index (χ3n) is 2.26. The Morgan fingerprint density at radius 1 is 1.29 bits per heavy atom. The Morgan fingerprint density at radius 2 is 2.00 bits per heavy atom. The molecule has 2 rings (SSSR count). The highest BCUT2D eigenvalue weighted by atomic mass is 16.2. The average Bonchev–Trinajstić information content (AvgIpc) is 2.46. The van der Waals surface area contributed by atoms with E-state index in [1.54, 1.807) is 0 Å². The average molecular weight is 188 g/mol. The molecule has 1 aromatic carbocycles. The van der Waals surface area contributed by atoms with Crippen molar-refractivity contribution in [3.05, 3.63) is 29.8 Å². The second-order valence-corrected chi connectivity index (χ2v) is 3.50. The highest BCUT2D eigenvalue weighted by Crippen LogP contribution is 2.23. The maximum absolute atomic E-state index is 11.5. The van der Waals surface area contributed by atoms with Crippen LogP contribution in [0.4, 0.5) is 5.69 Å². The molecule has 3 heteroatoms. The first-order chi connectivity index (χ1) is 6.68. The predicted molar refractivity (Wildman–Crippen MR) is 56.4 cm³/mol.